The molecule has 2 aliphatic heterocycles. The summed E-state index contributed by atoms with van der Waals surface area (Å²) in [5, 5.41) is 7.82. The first-order valence-corrected chi connectivity index (χ1v) is 12.0. The number of carbonyl (C=O) groups excluding carboxylic acids is 1. The molecule has 7 nitrogen and oxygen atoms in total. The fourth-order valence-corrected chi connectivity index (χ4v) is 5.26. The van der Waals surface area contributed by atoms with Crippen LogP contribution in [-0.2, 0) is 11.2 Å². The van der Waals surface area contributed by atoms with Gasteiger partial charge in [-0.2, -0.15) is 18.3 Å². The van der Waals surface area contributed by atoms with Crippen molar-refractivity contribution in [3.63, 3.8) is 0 Å². The fourth-order valence-electron chi connectivity index (χ4n) is 5.09. The van der Waals surface area contributed by atoms with Gasteiger partial charge in [0.1, 0.15) is 0 Å². The van der Waals surface area contributed by atoms with E-state index in [1.807, 2.05) is 4.90 Å². The summed E-state index contributed by atoms with van der Waals surface area (Å²) in [5.41, 5.74) is 3.24. The van der Waals surface area contributed by atoms with Gasteiger partial charge in [0.2, 0.25) is 5.91 Å². The Morgan fingerprint density at radius 3 is 2.77 bits per heavy atom. The lowest BCUT2D eigenvalue weighted by molar-refractivity contribution is -0.189. The second-order valence-electron chi connectivity index (χ2n) is 9.19. The first-order chi connectivity index (χ1) is 16.7. The number of aryl methyl sites for hydroxylation is 1. The number of carbonyl (C=O) groups is 1. The van der Waals surface area contributed by atoms with Gasteiger partial charge in [0.25, 0.3) is 0 Å². The van der Waals surface area contributed by atoms with Crippen LogP contribution in [0.1, 0.15) is 36.6 Å². The highest BCUT2D eigenvalue weighted by Gasteiger charge is 2.45. The molecule has 5 rings (SSSR count). The highest BCUT2D eigenvalue weighted by Crippen LogP contribution is 2.39. The van der Waals surface area contributed by atoms with Gasteiger partial charge < -0.3 is 15.1 Å². The molecule has 0 spiro atoms. The fraction of sp³-hybridized carbons (Fsp3) is 0.458. The van der Waals surface area contributed by atoms with Crippen LogP contribution in [0.5, 0.6) is 0 Å². The number of anilines is 2. The van der Waals surface area contributed by atoms with Crippen LogP contribution < -0.4 is 10.2 Å². The van der Waals surface area contributed by atoms with Crippen LogP contribution in [0.25, 0.3) is 5.65 Å². The summed E-state index contributed by atoms with van der Waals surface area (Å²) >= 11 is 6.05. The molecule has 35 heavy (non-hydrogen) atoms. The molecular formula is C24H26ClF3N6O. The van der Waals surface area contributed by atoms with Crippen molar-refractivity contribution >= 4 is 34.5 Å². The van der Waals surface area contributed by atoms with Gasteiger partial charge >= 0.3 is 6.18 Å². The van der Waals surface area contributed by atoms with E-state index in [9.17, 15) is 18.0 Å². The average Bonchev–Trinajstić information content (AvgIpc) is 3.47. The molecule has 0 saturated carbocycles. The van der Waals surface area contributed by atoms with E-state index in [4.69, 9.17) is 11.6 Å². The minimum atomic E-state index is -4.59. The largest absolute Gasteiger partial charge is 0.413 e. The minimum Gasteiger partial charge on any atom is -0.339 e. The van der Waals surface area contributed by atoms with Gasteiger partial charge in [0.15, 0.2) is 16.8 Å². The Bertz CT molecular complexity index is 1220. The Kier molecular flexibility index (Phi) is 6.35. The van der Waals surface area contributed by atoms with E-state index in [0.717, 1.165) is 47.8 Å². The third kappa shape index (κ3) is 4.69. The quantitative estimate of drug-likeness (QED) is 0.551. The van der Waals surface area contributed by atoms with Gasteiger partial charge in [0.05, 0.1) is 17.6 Å². The molecule has 1 amide bonds. The standard InChI is InChI=1S/C24H26ClF3N6O/c1-32(22(35)11-15-8-9-29-13-15)23(24(26,27)28)16-4-6-17(7-5-16)33-10-2-3-18-19(33)14-30-21-12-20(25)31-34(18)21/h4-7,12,14-15,23,29H,2-3,8-11,13H2,1H3/t15?,23-/m0/s1. The molecule has 1 unspecified atom stereocenters. The van der Waals surface area contributed by atoms with Gasteiger partial charge in [-0.05, 0) is 56.0 Å². The highest BCUT2D eigenvalue weighted by atomic mass is 35.5. The third-order valence-corrected chi connectivity index (χ3v) is 7.04. The summed E-state index contributed by atoms with van der Waals surface area (Å²) in [7, 11) is 1.24. The average molecular weight is 507 g/mol. The Morgan fingerprint density at radius 1 is 1.31 bits per heavy atom. The second-order valence-corrected chi connectivity index (χ2v) is 9.57. The maximum atomic E-state index is 14.1. The summed E-state index contributed by atoms with van der Waals surface area (Å²) in [5.74, 6) is -0.423. The number of alkyl halides is 3. The predicted molar refractivity (Wildman–Crippen MR) is 127 cm³/mol. The summed E-state index contributed by atoms with van der Waals surface area (Å²) < 4.78 is 44.0. The second kappa shape index (κ2) is 9.31. The number of rotatable bonds is 5. The van der Waals surface area contributed by atoms with E-state index < -0.39 is 18.1 Å². The number of hydrogen-bond acceptors (Lipinski definition) is 5. The molecule has 0 aliphatic carbocycles. The van der Waals surface area contributed by atoms with Crippen LogP contribution in [0, 0.1) is 5.92 Å². The van der Waals surface area contributed by atoms with Crippen LogP contribution in [-0.4, -0.2) is 58.3 Å². The zero-order valence-electron chi connectivity index (χ0n) is 19.2. The summed E-state index contributed by atoms with van der Waals surface area (Å²) in [6.07, 6.45) is -0.291. The molecule has 186 valence electrons. The molecule has 3 aromatic rings. The van der Waals surface area contributed by atoms with Crippen molar-refractivity contribution in [2.45, 2.75) is 37.9 Å². The molecule has 0 bridgehead atoms. The molecule has 1 aromatic carbocycles. The lowest BCUT2D eigenvalue weighted by atomic mass is 10.0. The van der Waals surface area contributed by atoms with E-state index in [0.29, 0.717) is 23.9 Å². The summed E-state index contributed by atoms with van der Waals surface area (Å²) in [6.45, 7) is 2.15. The molecule has 4 heterocycles. The van der Waals surface area contributed by atoms with Crippen molar-refractivity contribution in [3.8, 4) is 0 Å². The van der Waals surface area contributed by atoms with Gasteiger partial charge in [-0.1, -0.05) is 23.7 Å². The van der Waals surface area contributed by atoms with Crippen LogP contribution >= 0.6 is 11.6 Å². The van der Waals surface area contributed by atoms with Crippen molar-refractivity contribution in [2.24, 2.45) is 5.92 Å². The molecule has 2 atom stereocenters. The highest BCUT2D eigenvalue weighted by molar-refractivity contribution is 6.29. The van der Waals surface area contributed by atoms with Crippen LogP contribution in [0.4, 0.5) is 24.5 Å². The van der Waals surface area contributed by atoms with E-state index in [1.54, 1.807) is 28.9 Å². The SMILES string of the molecule is CN(C(=O)CC1CCNC1)[C@@H](c1ccc(N2CCCc3c2cnc2cc(Cl)nn32)cc1)C(F)(F)F. The van der Waals surface area contributed by atoms with E-state index in [2.05, 4.69) is 15.4 Å². The van der Waals surface area contributed by atoms with Crippen LogP contribution in [0.3, 0.4) is 0 Å². The van der Waals surface area contributed by atoms with Crippen molar-refractivity contribution in [1.82, 2.24) is 24.8 Å². The minimum absolute atomic E-state index is 0.0336. The maximum Gasteiger partial charge on any atom is 0.413 e. The lowest BCUT2D eigenvalue weighted by Crippen LogP contribution is -2.40. The number of fused-ring (bicyclic) bond motifs is 3. The normalized spacial score (nSPS) is 19.1. The molecule has 1 saturated heterocycles. The van der Waals surface area contributed by atoms with Gasteiger partial charge in [0, 0.05) is 31.8 Å². The number of amides is 1. The third-order valence-electron chi connectivity index (χ3n) is 6.85. The first-order valence-electron chi connectivity index (χ1n) is 11.7. The van der Waals surface area contributed by atoms with Gasteiger partial charge in [-0.3, -0.25) is 4.79 Å². The van der Waals surface area contributed by atoms with E-state index in [1.165, 1.54) is 19.2 Å². The zero-order valence-corrected chi connectivity index (χ0v) is 20.0. The molecule has 11 heteroatoms. The molecule has 1 fully saturated rings. The van der Waals surface area contributed by atoms with Gasteiger partial charge in [-0.25, -0.2) is 9.50 Å². The number of benzene rings is 1. The molecule has 1 N–H and O–H groups in total. The molecule has 2 aliphatic rings. The van der Waals surface area contributed by atoms with E-state index in [-0.39, 0.29) is 17.9 Å². The zero-order chi connectivity index (χ0) is 24.7. The summed E-state index contributed by atoms with van der Waals surface area (Å²) in [6, 6.07) is 5.94. The van der Waals surface area contributed by atoms with Crippen LogP contribution in [0.15, 0.2) is 36.5 Å². The lowest BCUT2D eigenvalue weighted by Gasteiger charge is -2.33. The van der Waals surface area contributed by atoms with Crippen molar-refractivity contribution < 1.29 is 18.0 Å². The topological polar surface area (TPSA) is 65.8 Å². The van der Waals surface area contributed by atoms with Crippen LogP contribution in [0.2, 0.25) is 5.15 Å². The van der Waals surface area contributed by atoms with Crippen molar-refractivity contribution in [3.05, 3.63) is 52.9 Å². The number of hydrogen-bond donors (Lipinski definition) is 1. The maximum absolute atomic E-state index is 14.1. The number of nitrogens with zero attached hydrogens (tertiary/aromatic N) is 5. The molecular weight excluding hydrogens is 481 g/mol. The Balaban J connectivity index is 1.41. The Morgan fingerprint density at radius 2 is 2.09 bits per heavy atom. The monoisotopic (exact) mass is 506 g/mol. The van der Waals surface area contributed by atoms with Crippen molar-refractivity contribution in [1.29, 1.82) is 0 Å². The van der Waals surface area contributed by atoms with Gasteiger partial charge in [-0.15, -0.1) is 0 Å². The van der Waals surface area contributed by atoms with Crippen molar-refractivity contribution in [2.75, 3.05) is 31.6 Å². The first kappa shape index (κ1) is 23.9. The molecule has 2 aromatic heterocycles. The number of aromatic nitrogens is 3. The van der Waals surface area contributed by atoms with E-state index >= 15 is 0 Å². The Hall–Kier alpha value is -2.85. The number of nitrogens with one attached hydrogen (secondary N) is 1. The predicted octanol–water partition coefficient (Wildman–Crippen LogP) is 4.53. The Labute approximate surface area is 205 Å². The smallest absolute Gasteiger partial charge is 0.339 e. The molecule has 0 radical (unpaired) electrons. The summed E-state index contributed by atoms with van der Waals surface area (Å²) in [4.78, 5) is 20.0. The number of halogens is 4.